The first-order chi connectivity index (χ1) is 21.5. The maximum absolute atomic E-state index is 5.30. The lowest BCUT2D eigenvalue weighted by atomic mass is 9.78. The summed E-state index contributed by atoms with van der Waals surface area (Å²) < 4.78 is 2.29. The summed E-state index contributed by atoms with van der Waals surface area (Å²) in [6.07, 6.45) is 8.76. The molecule has 4 heteroatoms. The highest BCUT2D eigenvalue weighted by Crippen LogP contribution is 2.40. The second-order valence-electron chi connectivity index (χ2n) is 12.1. The number of aryl methyl sites for hydroxylation is 1. The molecule has 2 aromatic heterocycles. The number of allylic oxidation sites excluding steroid dienone is 1. The first-order valence-corrected chi connectivity index (χ1v) is 15.6. The van der Waals surface area contributed by atoms with Crippen molar-refractivity contribution >= 4 is 11.4 Å². The van der Waals surface area contributed by atoms with E-state index in [0.717, 1.165) is 59.0 Å². The number of aliphatic imine (C=N–C) groups is 1. The third kappa shape index (κ3) is 5.01. The molecule has 0 amide bonds. The van der Waals surface area contributed by atoms with Crippen LogP contribution in [0.5, 0.6) is 0 Å². The average Bonchev–Trinajstić information content (AvgIpc) is 3.07. The highest BCUT2D eigenvalue weighted by molar-refractivity contribution is 6.10. The molecule has 0 saturated heterocycles. The lowest BCUT2D eigenvalue weighted by molar-refractivity contribution is -0.572. The Bertz CT molecular complexity index is 1900. The zero-order valence-corrected chi connectivity index (χ0v) is 25.4. The van der Waals surface area contributed by atoms with E-state index in [4.69, 9.17) is 21.5 Å². The summed E-state index contributed by atoms with van der Waals surface area (Å²) >= 11 is 0. The molecular weight excluding hydrogens is 536 g/mol. The zero-order valence-electron chi connectivity index (χ0n) is 25.4. The van der Waals surface area contributed by atoms with Gasteiger partial charge in [-0.05, 0) is 48.1 Å². The molecule has 2 aliphatic heterocycles. The van der Waals surface area contributed by atoms with Crippen molar-refractivity contribution in [3.63, 3.8) is 0 Å². The van der Waals surface area contributed by atoms with E-state index in [2.05, 4.69) is 104 Å². The quantitative estimate of drug-likeness (QED) is 0.202. The molecule has 2 unspecified atom stereocenters. The number of benzene rings is 3. The Kier molecular flexibility index (Phi) is 7.35. The molecular formula is C40H37N4+. The summed E-state index contributed by atoms with van der Waals surface area (Å²) in [5, 5.41) is 0. The van der Waals surface area contributed by atoms with Crippen LogP contribution in [0.1, 0.15) is 60.8 Å². The van der Waals surface area contributed by atoms with E-state index in [1.165, 1.54) is 27.8 Å². The minimum atomic E-state index is 0.0631. The topological polar surface area (TPSA) is 42.0 Å². The molecule has 216 valence electrons. The van der Waals surface area contributed by atoms with Gasteiger partial charge in [0.25, 0.3) is 0 Å². The van der Waals surface area contributed by atoms with Crippen molar-refractivity contribution in [1.82, 2.24) is 9.97 Å². The molecule has 0 N–H and O–H groups in total. The van der Waals surface area contributed by atoms with Crippen LogP contribution in [-0.2, 0) is 6.42 Å². The average molecular weight is 574 g/mol. The molecule has 5 aromatic rings. The molecule has 4 nitrogen and oxygen atoms in total. The SMILES string of the molecule is C=CC1=NC2CC(=C)[n+]3cc(C(C)C)c(-c4ccccc4)cc3-c3nc(-c4ccccc4)ncc3CCC2c2ccccc21. The number of fused-ring (bicyclic) bond motifs is 6. The molecule has 4 heterocycles. The van der Waals surface area contributed by atoms with Gasteiger partial charge in [-0.15, -0.1) is 0 Å². The van der Waals surface area contributed by atoms with Crippen molar-refractivity contribution in [2.24, 2.45) is 4.99 Å². The van der Waals surface area contributed by atoms with Crippen molar-refractivity contribution in [3.8, 4) is 33.9 Å². The molecule has 0 saturated carbocycles. The van der Waals surface area contributed by atoms with Gasteiger partial charge in [-0.25, -0.2) is 9.97 Å². The van der Waals surface area contributed by atoms with Crippen LogP contribution in [0.4, 0.5) is 0 Å². The standard InChI is InChI=1S/C40H37N4/c1-5-36-32-19-13-12-18-31(32)33-21-20-30-24-41-40(29-16-10-7-11-17-29)43-39(30)38-23-34(28-14-8-6-9-15-28)35(26(2)3)25-44(38)27(4)22-37(33)42-36/h5-19,23-26,33,37H,1,4,20-22H2,2-3H3/q+1. The summed E-state index contributed by atoms with van der Waals surface area (Å²) in [4.78, 5) is 15.5. The van der Waals surface area contributed by atoms with Gasteiger partial charge in [-0.2, -0.15) is 4.57 Å². The van der Waals surface area contributed by atoms with Gasteiger partial charge in [0.15, 0.2) is 17.7 Å². The van der Waals surface area contributed by atoms with Crippen LogP contribution < -0.4 is 4.57 Å². The van der Waals surface area contributed by atoms with Crippen molar-refractivity contribution in [2.75, 3.05) is 0 Å². The highest BCUT2D eigenvalue weighted by Gasteiger charge is 2.35. The summed E-state index contributed by atoms with van der Waals surface area (Å²) in [5.41, 5.74) is 12.3. The van der Waals surface area contributed by atoms with Crippen LogP contribution in [0, 0.1) is 0 Å². The van der Waals surface area contributed by atoms with Gasteiger partial charge in [0, 0.05) is 40.4 Å². The van der Waals surface area contributed by atoms with Crippen LogP contribution in [0.3, 0.4) is 0 Å². The third-order valence-electron chi connectivity index (χ3n) is 9.07. The van der Waals surface area contributed by atoms with E-state index < -0.39 is 0 Å². The fourth-order valence-electron chi connectivity index (χ4n) is 6.83. The molecule has 2 atom stereocenters. The van der Waals surface area contributed by atoms with E-state index >= 15 is 0 Å². The number of aromatic nitrogens is 3. The van der Waals surface area contributed by atoms with Crippen LogP contribution in [0.15, 0.2) is 128 Å². The maximum Gasteiger partial charge on any atom is 0.237 e. The molecule has 3 aromatic carbocycles. The van der Waals surface area contributed by atoms with Gasteiger partial charge in [0.2, 0.25) is 5.69 Å². The lowest BCUT2D eigenvalue weighted by Gasteiger charge is -2.32. The Morgan fingerprint density at radius 3 is 2.32 bits per heavy atom. The second-order valence-corrected chi connectivity index (χ2v) is 12.1. The molecule has 0 fully saturated rings. The van der Waals surface area contributed by atoms with E-state index in [-0.39, 0.29) is 12.0 Å². The predicted octanol–water partition coefficient (Wildman–Crippen LogP) is 8.84. The summed E-state index contributed by atoms with van der Waals surface area (Å²) in [7, 11) is 0. The van der Waals surface area contributed by atoms with Crippen molar-refractivity contribution in [2.45, 2.75) is 51.0 Å². The first kappa shape index (κ1) is 27.8. The van der Waals surface area contributed by atoms with E-state index in [9.17, 15) is 0 Å². The minimum absolute atomic E-state index is 0.0631. The molecule has 0 spiro atoms. The molecule has 0 aliphatic carbocycles. The minimum Gasteiger partial charge on any atom is -0.280 e. The summed E-state index contributed by atoms with van der Waals surface area (Å²) in [6, 6.07) is 32.0. The fraction of sp³-hybridized carbons (Fsp3) is 0.200. The summed E-state index contributed by atoms with van der Waals surface area (Å²) in [5.74, 6) is 1.30. The normalized spacial score (nSPS) is 17.5. The maximum atomic E-state index is 5.30. The third-order valence-corrected chi connectivity index (χ3v) is 9.07. The lowest BCUT2D eigenvalue weighted by Crippen LogP contribution is -2.39. The zero-order chi connectivity index (χ0) is 30.2. The van der Waals surface area contributed by atoms with Crippen LogP contribution in [-0.4, -0.2) is 21.7 Å². The van der Waals surface area contributed by atoms with Crippen molar-refractivity contribution in [1.29, 1.82) is 0 Å². The van der Waals surface area contributed by atoms with Gasteiger partial charge in [-0.1, -0.05) is 105 Å². The Labute approximate surface area is 260 Å². The Morgan fingerprint density at radius 1 is 0.886 bits per heavy atom. The Balaban J connectivity index is 1.47. The van der Waals surface area contributed by atoms with Gasteiger partial charge in [0.1, 0.15) is 5.69 Å². The Morgan fingerprint density at radius 2 is 1.59 bits per heavy atom. The van der Waals surface area contributed by atoms with Gasteiger partial charge in [0.05, 0.1) is 18.2 Å². The number of hydrogen-bond acceptors (Lipinski definition) is 3. The van der Waals surface area contributed by atoms with Crippen LogP contribution in [0.25, 0.3) is 39.6 Å². The smallest absolute Gasteiger partial charge is 0.237 e. The largest absolute Gasteiger partial charge is 0.280 e. The van der Waals surface area contributed by atoms with Crippen LogP contribution in [0.2, 0.25) is 0 Å². The van der Waals surface area contributed by atoms with Gasteiger partial charge < -0.3 is 0 Å². The van der Waals surface area contributed by atoms with Crippen molar-refractivity contribution in [3.05, 3.63) is 145 Å². The molecule has 44 heavy (non-hydrogen) atoms. The molecule has 2 aliphatic rings. The van der Waals surface area contributed by atoms with Gasteiger partial charge in [-0.3, -0.25) is 4.99 Å². The van der Waals surface area contributed by atoms with E-state index in [0.29, 0.717) is 5.92 Å². The Hall–Kier alpha value is -4.96. The number of rotatable bonds is 4. The number of hydrogen-bond donors (Lipinski definition) is 0. The molecule has 7 rings (SSSR count). The highest BCUT2D eigenvalue weighted by atomic mass is 15.0. The predicted molar refractivity (Wildman–Crippen MR) is 181 cm³/mol. The molecule has 0 bridgehead atoms. The van der Waals surface area contributed by atoms with Crippen molar-refractivity contribution < 1.29 is 4.57 Å². The van der Waals surface area contributed by atoms with Crippen LogP contribution >= 0.6 is 0 Å². The molecule has 0 radical (unpaired) electrons. The first-order valence-electron chi connectivity index (χ1n) is 15.6. The number of nitrogens with zero attached hydrogens (tertiary/aromatic N) is 4. The fourth-order valence-corrected chi connectivity index (χ4v) is 6.83. The van der Waals surface area contributed by atoms with E-state index in [1.807, 2.05) is 30.5 Å². The second kappa shape index (κ2) is 11.6. The monoisotopic (exact) mass is 573 g/mol. The number of pyridine rings is 1. The van der Waals surface area contributed by atoms with E-state index in [1.54, 1.807) is 0 Å². The summed E-state index contributed by atoms with van der Waals surface area (Å²) in [6.45, 7) is 13.3. The van der Waals surface area contributed by atoms with Gasteiger partial charge >= 0.3 is 0 Å².